The maximum atomic E-state index is 5.50. The number of rotatable bonds is 3. The lowest BCUT2D eigenvalue weighted by Crippen LogP contribution is -2.50. The molecule has 1 aliphatic heterocycles. The molecule has 0 amide bonds. The van der Waals surface area contributed by atoms with E-state index in [2.05, 4.69) is 24.2 Å². The van der Waals surface area contributed by atoms with E-state index in [0.717, 1.165) is 38.3 Å². The highest BCUT2D eigenvalue weighted by Crippen LogP contribution is 2.26. The van der Waals surface area contributed by atoms with Crippen molar-refractivity contribution in [1.29, 1.82) is 0 Å². The zero-order valence-electron chi connectivity index (χ0n) is 10.7. The fraction of sp³-hybridized carbons (Fsp3) is 1.00. The van der Waals surface area contributed by atoms with E-state index >= 15 is 0 Å². The lowest BCUT2D eigenvalue weighted by atomic mass is 9.86. The van der Waals surface area contributed by atoms with Crippen molar-refractivity contribution in [2.24, 2.45) is 5.92 Å². The molecule has 1 N–H and O–H groups in total. The average molecular weight is 226 g/mol. The van der Waals surface area contributed by atoms with Gasteiger partial charge in [-0.1, -0.05) is 19.8 Å². The summed E-state index contributed by atoms with van der Waals surface area (Å²) in [7, 11) is 2.28. The van der Waals surface area contributed by atoms with Crippen LogP contribution in [0, 0.1) is 5.92 Å². The average Bonchev–Trinajstić information content (AvgIpc) is 2.30. The van der Waals surface area contributed by atoms with Crippen LogP contribution in [0.3, 0.4) is 0 Å². The van der Waals surface area contributed by atoms with Gasteiger partial charge in [-0.15, -0.1) is 0 Å². The summed E-state index contributed by atoms with van der Waals surface area (Å²) in [5.74, 6) is 0.914. The molecule has 1 aliphatic carbocycles. The Labute approximate surface area is 99.5 Å². The Bertz CT molecular complexity index is 204. The van der Waals surface area contributed by atoms with E-state index in [-0.39, 0.29) is 0 Å². The fourth-order valence-electron chi connectivity index (χ4n) is 3.04. The first-order chi connectivity index (χ1) is 7.75. The van der Waals surface area contributed by atoms with E-state index in [0.29, 0.717) is 6.04 Å². The molecule has 1 saturated heterocycles. The van der Waals surface area contributed by atoms with Crippen molar-refractivity contribution in [3.8, 4) is 0 Å². The molecule has 0 spiro atoms. The first-order valence-corrected chi connectivity index (χ1v) is 6.77. The number of morpholine rings is 1. The Morgan fingerprint density at radius 2 is 2.25 bits per heavy atom. The molecule has 0 aromatic heterocycles. The van der Waals surface area contributed by atoms with E-state index in [4.69, 9.17) is 4.74 Å². The summed E-state index contributed by atoms with van der Waals surface area (Å²) in [6.45, 7) is 6.30. The topological polar surface area (TPSA) is 24.5 Å². The number of ether oxygens (including phenoxy) is 1. The second-order valence-electron chi connectivity index (χ2n) is 5.59. The van der Waals surface area contributed by atoms with Crippen LogP contribution >= 0.6 is 0 Å². The lowest BCUT2D eigenvalue weighted by molar-refractivity contribution is 0.0537. The summed E-state index contributed by atoms with van der Waals surface area (Å²) in [5, 5.41) is 3.53. The molecule has 0 bridgehead atoms. The van der Waals surface area contributed by atoms with Gasteiger partial charge in [-0.05, 0) is 25.8 Å². The van der Waals surface area contributed by atoms with Crippen molar-refractivity contribution in [2.75, 3.05) is 33.4 Å². The molecule has 1 saturated carbocycles. The minimum Gasteiger partial charge on any atom is -0.378 e. The summed E-state index contributed by atoms with van der Waals surface area (Å²) in [6, 6.07) is 1.34. The van der Waals surface area contributed by atoms with Gasteiger partial charge in [-0.3, -0.25) is 0 Å². The van der Waals surface area contributed by atoms with Gasteiger partial charge in [0.2, 0.25) is 0 Å². The Morgan fingerprint density at radius 3 is 2.94 bits per heavy atom. The highest BCUT2D eigenvalue weighted by molar-refractivity contribution is 4.81. The first-order valence-electron chi connectivity index (χ1n) is 6.77. The molecule has 3 heteroatoms. The minimum atomic E-state index is 0.538. The van der Waals surface area contributed by atoms with Gasteiger partial charge in [0.15, 0.2) is 0 Å². The van der Waals surface area contributed by atoms with E-state index in [9.17, 15) is 0 Å². The van der Waals surface area contributed by atoms with Crippen molar-refractivity contribution in [3.05, 3.63) is 0 Å². The molecule has 0 radical (unpaired) electrons. The van der Waals surface area contributed by atoms with Crippen molar-refractivity contribution in [1.82, 2.24) is 10.2 Å². The quantitative estimate of drug-likeness (QED) is 0.789. The van der Waals surface area contributed by atoms with Crippen molar-refractivity contribution >= 4 is 0 Å². The molecular weight excluding hydrogens is 200 g/mol. The minimum absolute atomic E-state index is 0.538. The molecule has 2 rings (SSSR count). The van der Waals surface area contributed by atoms with Crippen LogP contribution in [0.4, 0.5) is 0 Å². The fourth-order valence-corrected chi connectivity index (χ4v) is 3.04. The van der Waals surface area contributed by atoms with Crippen LogP contribution in [0.15, 0.2) is 0 Å². The molecule has 2 fully saturated rings. The zero-order valence-corrected chi connectivity index (χ0v) is 10.7. The molecule has 16 heavy (non-hydrogen) atoms. The van der Waals surface area contributed by atoms with Crippen LogP contribution < -0.4 is 5.32 Å². The summed E-state index contributed by atoms with van der Waals surface area (Å²) < 4.78 is 5.50. The number of hydrogen-bond donors (Lipinski definition) is 1. The molecule has 3 atom stereocenters. The van der Waals surface area contributed by atoms with Gasteiger partial charge in [0.05, 0.1) is 13.2 Å². The van der Waals surface area contributed by atoms with Crippen molar-refractivity contribution in [2.45, 2.75) is 44.7 Å². The first kappa shape index (κ1) is 12.3. The lowest BCUT2D eigenvalue weighted by Gasteiger charge is -2.37. The normalized spacial score (nSPS) is 36.6. The van der Waals surface area contributed by atoms with E-state index < -0.39 is 0 Å². The summed E-state index contributed by atoms with van der Waals surface area (Å²) in [5.41, 5.74) is 0. The second kappa shape index (κ2) is 5.99. The summed E-state index contributed by atoms with van der Waals surface area (Å²) in [4.78, 5) is 2.54. The smallest absolute Gasteiger partial charge is 0.0632 e. The molecule has 0 aromatic rings. The molecule has 3 unspecified atom stereocenters. The van der Waals surface area contributed by atoms with Gasteiger partial charge in [-0.2, -0.15) is 0 Å². The third-order valence-electron chi connectivity index (χ3n) is 4.04. The highest BCUT2D eigenvalue weighted by atomic mass is 16.5. The third kappa shape index (κ3) is 3.44. The van der Waals surface area contributed by atoms with Crippen LogP contribution in [0.1, 0.15) is 32.6 Å². The Hall–Kier alpha value is -0.120. The van der Waals surface area contributed by atoms with E-state index in [1.165, 1.54) is 25.7 Å². The summed E-state index contributed by atoms with van der Waals surface area (Å²) in [6.07, 6.45) is 5.60. The van der Waals surface area contributed by atoms with Gasteiger partial charge in [0, 0.05) is 25.2 Å². The second-order valence-corrected chi connectivity index (χ2v) is 5.59. The van der Waals surface area contributed by atoms with Crippen molar-refractivity contribution in [3.63, 3.8) is 0 Å². The predicted octanol–water partition coefficient (Wildman–Crippen LogP) is 1.49. The van der Waals surface area contributed by atoms with E-state index in [1.54, 1.807) is 0 Å². The standard InChI is InChI=1S/C13H26N2O/c1-11-4-3-5-13(8-11)15(2)9-12-10-16-7-6-14-12/h11-14H,3-10H2,1-2H3. The number of likely N-dealkylation sites (N-methyl/N-ethyl adjacent to an activating group) is 1. The molecule has 1 heterocycles. The van der Waals surface area contributed by atoms with Crippen LogP contribution in [-0.4, -0.2) is 50.3 Å². The highest BCUT2D eigenvalue weighted by Gasteiger charge is 2.24. The van der Waals surface area contributed by atoms with Gasteiger partial charge >= 0.3 is 0 Å². The number of nitrogens with one attached hydrogen (secondary N) is 1. The Morgan fingerprint density at radius 1 is 1.38 bits per heavy atom. The van der Waals surface area contributed by atoms with Crippen LogP contribution in [0.2, 0.25) is 0 Å². The monoisotopic (exact) mass is 226 g/mol. The van der Waals surface area contributed by atoms with Gasteiger partial charge in [0.25, 0.3) is 0 Å². The summed E-state index contributed by atoms with van der Waals surface area (Å²) >= 11 is 0. The van der Waals surface area contributed by atoms with E-state index in [1.807, 2.05) is 0 Å². The van der Waals surface area contributed by atoms with Gasteiger partial charge in [-0.25, -0.2) is 0 Å². The largest absolute Gasteiger partial charge is 0.378 e. The maximum Gasteiger partial charge on any atom is 0.0632 e. The Kier molecular flexibility index (Phi) is 4.62. The molecule has 0 aromatic carbocycles. The van der Waals surface area contributed by atoms with Gasteiger partial charge < -0.3 is 15.0 Å². The number of nitrogens with zero attached hydrogens (tertiary/aromatic N) is 1. The maximum absolute atomic E-state index is 5.50. The van der Waals surface area contributed by atoms with Crippen LogP contribution in [0.25, 0.3) is 0 Å². The van der Waals surface area contributed by atoms with Gasteiger partial charge in [0.1, 0.15) is 0 Å². The third-order valence-corrected chi connectivity index (χ3v) is 4.04. The number of hydrogen-bond acceptors (Lipinski definition) is 3. The molecule has 3 nitrogen and oxygen atoms in total. The molecular formula is C13H26N2O. The predicted molar refractivity (Wildman–Crippen MR) is 66.7 cm³/mol. The van der Waals surface area contributed by atoms with Crippen LogP contribution in [-0.2, 0) is 4.74 Å². The molecule has 94 valence electrons. The zero-order chi connectivity index (χ0) is 11.4. The molecule has 2 aliphatic rings. The van der Waals surface area contributed by atoms with Crippen molar-refractivity contribution < 1.29 is 4.74 Å². The SMILES string of the molecule is CC1CCCC(N(C)CC2COCCN2)C1. The van der Waals surface area contributed by atoms with Crippen LogP contribution in [0.5, 0.6) is 0 Å². The Balaban J connectivity index is 1.75.